The van der Waals surface area contributed by atoms with E-state index in [1.165, 1.54) is 11.8 Å². The third kappa shape index (κ3) is 3.65. The van der Waals surface area contributed by atoms with Crippen molar-refractivity contribution >= 4 is 11.5 Å². The maximum atomic E-state index is 10.8. The van der Waals surface area contributed by atoms with E-state index in [1.54, 1.807) is 6.07 Å². The molecular weight excluding hydrogens is 294 g/mol. The highest BCUT2D eigenvalue weighted by atomic mass is 16.6. The van der Waals surface area contributed by atoms with Crippen LogP contribution in [0.4, 0.5) is 11.5 Å². The van der Waals surface area contributed by atoms with Gasteiger partial charge in [0.05, 0.1) is 11.0 Å². The highest BCUT2D eigenvalue weighted by Gasteiger charge is 2.24. The fraction of sp³-hybridized carbons (Fsp3) is 0.353. The molecule has 0 saturated carbocycles. The zero-order valence-corrected chi connectivity index (χ0v) is 12.9. The number of benzene rings is 1. The van der Waals surface area contributed by atoms with Crippen molar-refractivity contribution in [3.8, 4) is 0 Å². The average Bonchev–Trinajstić information content (AvgIpc) is 2.57. The minimum Gasteiger partial charge on any atom is -0.373 e. The first kappa shape index (κ1) is 15.4. The molecule has 1 aliphatic rings. The molecule has 1 aromatic heterocycles. The van der Waals surface area contributed by atoms with E-state index >= 15 is 0 Å². The number of rotatable bonds is 4. The van der Waals surface area contributed by atoms with Crippen LogP contribution in [0.5, 0.6) is 0 Å². The lowest BCUT2D eigenvalue weighted by Gasteiger charge is -2.31. The summed E-state index contributed by atoms with van der Waals surface area (Å²) in [6.45, 7) is 2.51. The summed E-state index contributed by atoms with van der Waals surface area (Å²) in [5.74, 6) is 0.703. The minimum atomic E-state index is -0.427. The van der Waals surface area contributed by atoms with Crippen LogP contribution in [0.1, 0.15) is 30.1 Å². The monoisotopic (exact) mass is 313 g/mol. The van der Waals surface area contributed by atoms with E-state index < -0.39 is 4.92 Å². The maximum Gasteiger partial charge on any atom is 0.287 e. The van der Waals surface area contributed by atoms with Crippen molar-refractivity contribution in [2.24, 2.45) is 0 Å². The summed E-state index contributed by atoms with van der Waals surface area (Å²) < 4.78 is 5.86. The third-order valence-corrected chi connectivity index (χ3v) is 4.07. The van der Waals surface area contributed by atoms with Crippen molar-refractivity contribution < 1.29 is 9.66 Å². The molecule has 6 nitrogen and oxygen atoms in total. The largest absolute Gasteiger partial charge is 0.373 e. The number of ether oxygens (including phenoxy) is 1. The SMILES string of the molecule is Cc1cc([N+](=O)[O-])cnc1NC1CCOC(c2ccccc2)C1. The lowest BCUT2D eigenvalue weighted by molar-refractivity contribution is -0.385. The van der Waals surface area contributed by atoms with Crippen molar-refractivity contribution in [3.63, 3.8) is 0 Å². The Balaban J connectivity index is 1.69. The first-order chi connectivity index (χ1) is 11.1. The molecule has 6 heteroatoms. The fourth-order valence-corrected chi connectivity index (χ4v) is 2.83. The van der Waals surface area contributed by atoms with Crippen LogP contribution >= 0.6 is 0 Å². The molecule has 1 fully saturated rings. The number of hydrogen-bond acceptors (Lipinski definition) is 5. The van der Waals surface area contributed by atoms with Gasteiger partial charge in [-0.15, -0.1) is 0 Å². The molecule has 0 spiro atoms. The van der Waals surface area contributed by atoms with E-state index in [0.29, 0.717) is 12.4 Å². The van der Waals surface area contributed by atoms with E-state index in [4.69, 9.17) is 4.74 Å². The zero-order valence-electron chi connectivity index (χ0n) is 12.9. The van der Waals surface area contributed by atoms with Crippen LogP contribution in [0.3, 0.4) is 0 Å². The van der Waals surface area contributed by atoms with Gasteiger partial charge in [-0.1, -0.05) is 30.3 Å². The number of nitro groups is 1. The van der Waals surface area contributed by atoms with E-state index in [9.17, 15) is 10.1 Å². The molecule has 1 aliphatic heterocycles. The summed E-state index contributed by atoms with van der Waals surface area (Å²) in [6, 6.07) is 11.9. The van der Waals surface area contributed by atoms with Gasteiger partial charge >= 0.3 is 0 Å². The first-order valence-electron chi connectivity index (χ1n) is 7.67. The van der Waals surface area contributed by atoms with Crippen molar-refractivity contribution in [1.29, 1.82) is 0 Å². The fourth-order valence-electron chi connectivity index (χ4n) is 2.83. The second kappa shape index (κ2) is 6.75. The number of nitrogens with zero attached hydrogens (tertiary/aromatic N) is 2. The zero-order chi connectivity index (χ0) is 16.2. The molecule has 120 valence electrons. The van der Waals surface area contributed by atoms with Gasteiger partial charge in [-0.2, -0.15) is 0 Å². The Bertz CT molecular complexity index is 691. The number of aryl methyl sites for hydroxylation is 1. The van der Waals surface area contributed by atoms with Crippen molar-refractivity contribution in [2.45, 2.75) is 31.9 Å². The molecule has 23 heavy (non-hydrogen) atoms. The highest BCUT2D eigenvalue weighted by Crippen LogP contribution is 2.30. The van der Waals surface area contributed by atoms with Crippen LogP contribution in [0.25, 0.3) is 0 Å². The van der Waals surface area contributed by atoms with Gasteiger partial charge in [0.15, 0.2) is 0 Å². The van der Waals surface area contributed by atoms with E-state index in [-0.39, 0.29) is 17.8 Å². The van der Waals surface area contributed by atoms with Crippen LogP contribution in [0, 0.1) is 17.0 Å². The third-order valence-electron chi connectivity index (χ3n) is 4.07. The first-order valence-corrected chi connectivity index (χ1v) is 7.67. The normalized spacial score (nSPS) is 20.9. The van der Waals surface area contributed by atoms with Gasteiger partial charge < -0.3 is 10.1 Å². The maximum absolute atomic E-state index is 10.8. The van der Waals surface area contributed by atoms with E-state index in [2.05, 4.69) is 22.4 Å². The second-order valence-corrected chi connectivity index (χ2v) is 5.75. The Hall–Kier alpha value is -2.47. The number of nitrogens with one attached hydrogen (secondary N) is 1. The summed E-state index contributed by atoms with van der Waals surface area (Å²) in [4.78, 5) is 14.6. The van der Waals surface area contributed by atoms with E-state index in [1.807, 2.05) is 25.1 Å². The molecule has 2 unspecified atom stereocenters. The topological polar surface area (TPSA) is 77.3 Å². The molecule has 2 heterocycles. The van der Waals surface area contributed by atoms with Gasteiger partial charge in [-0.25, -0.2) is 4.98 Å². The molecule has 0 aliphatic carbocycles. The quantitative estimate of drug-likeness (QED) is 0.689. The lowest BCUT2D eigenvalue weighted by atomic mass is 9.97. The summed E-state index contributed by atoms with van der Waals surface area (Å²) in [5.41, 5.74) is 1.97. The Morgan fingerprint density at radius 3 is 2.83 bits per heavy atom. The minimum absolute atomic E-state index is 0.0159. The second-order valence-electron chi connectivity index (χ2n) is 5.75. The Morgan fingerprint density at radius 1 is 1.35 bits per heavy atom. The number of anilines is 1. The molecule has 2 aromatic rings. The standard InChI is InChI=1S/C17H19N3O3/c1-12-9-15(20(21)22)11-18-17(12)19-14-7-8-23-16(10-14)13-5-3-2-4-6-13/h2-6,9,11,14,16H,7-8,10H2,1H3,(H,18,19). The van der Waals surface area contributed by atoms with Gasteiger partial charge in [0.25, 0.3) is 5.69 Å². The number of aromatic nitrogens is 1. The lowest BCUT2D eigenvalue weighted by Crippen LogP contribution is -2.30. The van der Waals surface area contributed by atoms with Gasteiger partial charge in [-0.3, -0.25) is 10.1 Å². The van der Waals surface area contributed by atoms with Crippen molar-refractivity contribution in [2.75, 3.05) is 11.9 Å². The summed E-state index contributed by atoms with van der Waals surface area (Å²) in [5, 5.41) is 14.2. The van der Waals surface area contributed by atoms with Crippen LogP contribution in [0.15, 0.2) is 42.6 Å². The molecule has 0 bridgehead atoms. The highest BCUT2D eigenvalue weighted by molar-refractivity contribution is 5.48. The molecule has 3 rings (SSSR count). The van der Waals surface area contributed by atoms with E-state index in [0.717, 1.165) is 18.4 Å². The number of hydrogen-bond donors (Lipinski definition) is 1. The van der Waals surface area contributed by atoms with Crippen molar-refractivity contribution in [3.05, 3.63) is 63.8 Å². The van der Waals surface area contributed by atoms with Crippen LogP contribution in [-0.2, 0) is 4.74 Å². The molecule has 1 N–H and O–H groups in total. The predicted molar refractivity (Wildman–Crippen MR) is 87.4 cm³/mol. The molecule has 1 saturated heterocycles. The molecule has 0 amide bonds. The van der Waals surface area contributed by atoms with Gasteiger partial charge in [0, 0.05) is 18.7 Å². The van der Waals surface area contributed by atoms with Crippen LogP contribution in [0.2, 0.25) is 0 Å². The smallest absolute Gasteiger partial charge is 0.287 e. The molecule has 1 aromatic carbocycles. The van der Waals surface area contributed by atoms with Gasteiger partial charge in [0.2, 0.25) is 0 Å². The van der Waals surface area contributed by atoms with Gasteiger partial charge in [-0.05, 0) is 30.9 Å². The predicted octanol–water partition coefficient (Wildman–Crippen LogP) is 3.63. The van der Waals surface area contributed by atoms with Crippen LogP contribution < -0.4 is 5.32 Å². The number of pyridine rings is 1. The van der Waals surface area contributed by atoms with Crippen LogP contribution in [-0.4, -0.2) is 22.6 Å². The Kier molecular flexibility index (Phi) is 4.52. The summed E-state index contributed by atoms with van der Waals surface area (Å²) in [6.07, 6.45) is 3.10. The average molecular weight is 313 g/mol. The Morgan fingerprint density at radius 2 is 2.13 bits per heavy atom. The summed E-state index contributed by atoms with van der Waals surface area (Å²) >= 11 is 0. The molecule has 0 radical (unpaired) electrons. The molecule has 2 atom stereocenters. The van der Waals surface area contributed by atoms with Gasteiger partial charge in [0.1, 0.15) is 12.0 Å². The molecular formula is C17H19N3O3. The Labute approximate surface area is 134 Å². The summed E-state index contributed by atoms with van der Waals surface area (Å²) in [7, 11) is 0. The van der Waals surface area contributed by atoms with Crippen molar-refractivity contribution in [1.82, 2.24) is 4.98 Å².